The summed E-state index contributed by atoms with van der Waals surface area (Å²) in [5.74, 6) is -0.626. The van der Waals surface area contributed by atoms with Gasteiger partial charge >= 0.3 is 0 Å². The van der Waals surface area contributed by atoms with E-state index in [4.69, 9.17) is 16.7 Å². The molecule has 106 valence electrons. The normalized spacial score (nSPS) is 21.5. The fourth-order valence-corrected chi connectivity index (χ4v) is 4.28. The standard InChI is InChI=1S/C12H15ClFNO3S/c13-11-6-10(14)3-4-12(11)19(17,18)15-5-1-2-9(7-15)8-16/h3-4,6,9,16H,1-2,5,7-8H2. The molecule has 1 fully saturated rings. The molecule has 7 heteroatoms. The number of benzene rings is 1. The quantitative estimate of drug-likeness (QED) is 0.927. The first kappa shape index (κ1) is 14.7. The molecule has 1 aliphatic heterocycles. The van der Waals surface area contributed by atoms with E-state index in [1.807, 2.05) is 0 Å². The molecular weight excluding hydrogens is 293 g/mol. The highest BCUT2D eigenvalue weighted by molar-refractivity contribution is 7.89. The smallest absolute Gasteiger partial charge is 0.244 e. The Balaban J connectivity index is 2.31. The van der Waals surface area contributed by atoms with Gasteiger partial charge in [0, 0.05) is 19.7 Å². The van der Waals surface area contributed by atoms with E-state index < -0.39 is 15.8 Å². The molecule has 19 heavy (non-hydrogen) atoms. The summed E-state index contributed by atoms with van der Waals surface area (Å²) in [4.78, 5) is -0.0887. The molecule has 0 spiro atoms. The first-order valence-corrected chi connectivity index (χ1v) is 7.83. The van der Waals surface area contributed by atoms with Crippen LogP contribution >= 0.6 is 11.6 Å². The SMILES string of the molecule is O=S(=O)(c1ccc(F)cc1Cl)N1CCCC(CO)C1. The van der Waals surface area contributed by atoms with Gasteiger partial charge in [0.15, 0.2) is 0 Å². The van der Waals surface area contributed by atoms with Crippen LogP contribution in [0.15, 0.2) is 23.1 Å². The second-order valence-electron chi connectivity index (χ2n) is 4.63. The first-order chi connectivity index (χ1) is 8.95. The van der Waals surface area contributed by atoms with Crippen molar-refractivity contribution in [1.82, 2.24) is 4.31 Å². The molecule has 1 aromatic carbocycles. The fourth-order valence-electron chi connectivity index (χ4n) is 2.22. The Morgan fingerprint density at radius 1 is 1.47 bits per heavy atom. The van der Waals surface area contributed by atoms with E-state index in [-0.39, 0.29) is 29.0 Å². The monoisotopic (exact) mass is 307 g/mol. The summed E-state index contributed by atoms with van der Waals surface area (Å²) in [5.41, 5.74) is 0. The summed E-state index contributed by atoms with van der Waals surface area (Å²) in [6.07, 6.45) is 1.50. The Kier molecular flexibility index (Phi) is 4.45. The van der Waals surface area contributed by atoms with Crippen LogP contribution in [0.2, 0.25) is 5.02 Å². The highest BCUT2D eigenvalue weighted by atomic mass is 35.5. The maximum absolute atomic E-state index is 13.0. The van der Waals surface area contributed by atoms with Crippen LogP contribution in [-0.2, 0) is 10.0 Å². The number of aliphatic hydroxyl groups excluding tert-OH is 1. The van der Waals surface area contributed by atoms with Gasteiger partial charge in [-0.15, -0.1) is 0 Å². The number of rotatable bonds is 3. The summed E-state index contributed by atoms with van der Waals surface area (Å²) in [7, 11) is -3.73. The van der Waals surface area contributed by atoms with Gasteiger partial charge < -0.3 is 5.11 Å². The average Bonchev–Trinajstić information content (AvgIpc) is 2.38. The second-order valence-corrected chi connectivity index (χ2v) is 6.94. The van der Waals surface area contributed by atoms with E-state index in [1.165, 1.54) is 10.4 Å². The van der Waals surface area contributed by atoms with Gasteiger partial charge in [-0.2, -0.15) is 4.31 Å². The largest absolute Gasteiger partial charge is 0.396 e. The minimum atomic E-state index is -3.73. The van der Waals surface area contributed by atoms with E-state index in [0.29, 0.717) is 13.0 Å². The number of sulfonamides is 1. The number of piperidine rings is 1. The number of aliphatic hydroxyl groups is 1. The van der Waals surface area contributed by atoms with Gasteiger partial charge in [0.1, 0.15) is 10.7 Å². The lowest BCUT2D eigenvalue weighted by molar-refractivity contribution is 0.165. The molecular formula is C12H15ClFNO3S. The molecule has 0 radical (unpaired) electrons. The average molecular weight is 308 g/mol. The zero-order valence-corrected chi connectivity index (χ0v) is 11.8. The van der Waals surface area contributed by atoms with Crippen LogP contribution in [-0.4, -0.2) is 37.5 Å². The second kappa shape index (κ2) is 5.75. The molecule has 1 unspecified atom stereocenters. The Labute approximate surface area is 116 Å². The molecule has 1 aromatic rings. The van der Waals surface area contributed by atoms with Crippen molar-refractivity contribution in [1.29, 1.82) is 0 Å². The Bertz CT molecular complexity index is 564. The van der Waals surface area contributed by atoms with Crippen LogP contribution < -0.4 is 0 Å². The van der Waals surface area contributed by atoms with Gasteiger partial charge in [-0.05, 0) is 37.0 Å². The molecule has 2 rings (SSSR count). The summed E-state index contributed by atoms with van der Waals surface area (Å²) in [5, 5.41) is 9.02. The number of hydrogen-bond acceptors (Lipinski definition) is 3. The summed E-state index contributed by atoms with van der Waals surface area (Å²) < 4.78 is 39.1. The van der Waals surface area contributed by atoms with Crippen molar-refractivity contribution in [2.24, 2.45) is 5.92 Å². The lowest BCUT2D eigenvalue weighted by Gasteiger charge is -2.31. The summed E-state index contributed by atoms with van der Waals surface area (Å²) in [6.45, 7) is 0.627. The maximum atomic E-state index is 13.0. The van der Waals surface area contributed by atoms with Gasteiger partial charge in [-0.1, -0.05) is 11.6 Å². The van der Waals surface area contributed by atoms with Crippen LogP contribution in [0.4, 0.5) is 4.39 Å². The van der Waals surface area contributed by atoms with Crippen LogP contribution in [0.1, 0.15) is 12.8 Å². The van der Waals surface area contributed by atoms with Crippen LogP contribution in [0.3, 0.4) is 0 Å². The molecule has 0 saturated carbocycles. The summed E-state index contributed by atoms with van der Waals surface area (Å²) >= 11 is 5.81. The van der Waals surface area contributed by atoms with Crippen LogP contribution in [0, 0.1) is 11.7 Å². The third-order valence-electron chi connectivity index (χ3n) is 3.25. The van der Waals surface area contributed by atoms with Gasteiger partial charge in [-0.25, -0.2) is 12.8 Å². The van der Waals surface area contributed by atoms with Crippen molar-refractivity contribution >= 4 is 21.6 Å². The molecule has 1 N–H and O–H groups in total. The Hall–Kier alpha value is -0.690. The third kappa shape index (κ3) is 3.08. The van der Waals surface area contributed by atoms with Crippen molar-refractivity contribution in [2.45, 2.75) is 17.7 Å². The van der Waals surface area contributed by atoms with Crippen molar-refractivity contribution in [3.63, 3.8) is 0 Å². The lowest BCUT2D eigenvalue weighted by Crippen LogP contribution is -2.40. The van der Waals surface area contributed by atoms with Gasteiger partial charge in [0.2, 0.25) is 10.0 Å². The molecule has 1 saturated heterocycles. The van der Waals surface area contributed by atoms with E-state index in [0.717, 1.165) is 18.6 Å². The van der Waals surface area contributed by atoms with E-state index in [9.17, 15) is 12.8 Å². The predicted octanol–water partition coefficient (Wildman–Crippen LogP) is 1.87. The first-order valence-electron chi connectivity index (χ1n) is 6.01. The zero-order chi connectivity index (χ0) is 14.0. The van der Waals surface area contributed by atoms with Gasteiger partial charge in [0.25, 0.3) is 0 Å². The van der Waals surface area contributed by atoms with Crippen molar-refractivity contribution in [3.8, 4) is 0 Å². The topological polar surface area (TPSA) is 57.6 Å². The number of halogens is 2. The third-order valence-corrected chi connectivity index (χ3v) is 5.60. The van der Waals surface area contributed by atoms with Crippen molar-refractivity contribution < 1.29 is 17.9 Å². The predicted molar refractivity (Wildman–Crippen MR) is 70.0 cm³/mol. The Morgan fingerprint density at radius 3 is 2.84 bits per heavy atom. The maximum Gasteiger partial charge on any atom is 0.244 e. The summed E-state index contributed by atoms with van der Waals surface area (Å²) in [6, 6.07) is 3.24. The molecule has 1 aliphatic rings. The molecule has 0 aromatic heterocycles. The Morgan fingerprint density at radius 2 is 2.21 bits per heavy atom. The zero-order valence-electron chi connectivity index (χ0n) is 10.2. The van der Waals surface area contributed by atoms with Gasteiger partial charge in [0.05, 0.1) is 5.02 Å². The highest BCUT2D eigenvalue weighted by Gasteiger charge is 2.31. The number of hydrogen-bond donors (Lipinski definition) is 1. The van der Waals surface area contributed by atoms with Crippen molar-refractivity contribution in [2.75, 3.05) is 19.7 Å². The molecule has 0 amide bonds. The molecule has 1 heterocycles. The molecule has 4 nitrogen and oxygen atoms in total. The van der Waals surface area contributed by atoms with Crippen molar-refractivity contribution in [3.05, 3.63) is 29.0 Å². The van der Waals surface area contributed by atoms with Crippen LogP contribution in [0.25, 0.3) is 0 Å². The van der Waals surface area contributed by atoms with E-state index in [1.54, 1.807) is 0 Å². The van der Waals surface area contributed by atoms with Gasteiger partial charge in [-0.3, -0.25) is 0 Å². The fraction of sp³-hybridized carbons (Fsp3) is 0.500. The number of nitrogens with zero attached hydrogens (tertiary/aromatic N) is 1. The minimum absolute atomic E-state index is 0.0385. The van der Waals surface area contributed by atoms with E-state index >= 15 is 0 Å². The molecule has 1 atom stereocenters. The van der Waals surface area contributed by atoms with E-state index in [2.05, 4.69) is 0 Å². The minimum Gasteiger partial charge on any atom is -0.396 e. The van der Waals surface area contributed by atoms with Crippen LogP contribution in [0.5, 0.6) is 0 Å². The molecule has 0 bridgehead atoms. The molecule has 0 aliphatic carbocycles. The lowest BCUT2D eigenvalue weighted by atomic mass is 10.0. The highest BCUT2D eigenvalue weighted by Crippen LogP contribution is 2.28.